The Morgan fingerprint density at radius 3 is 2.92 bits per heavy atom. The molecule has 0 radical (unpaired) electrons. The van der Waals surface area contributed by atoms with Gasteiger partial charge in [0.25, 0.3) is 0 Å². The quantitative estimate of drug-likeness (QED) is 0.274. The Balaban J connectivity index is 2.67. The van der Waals surface area contributed by atoms with Crippen molar-refractivity contribution in [3.05, 3.63) is 11.6 Å². The molecule has 0 aliphatic heterocycles. The molecule has 1 unspecified atom stereocenters. The number of aldehydes is 1. The van der Waals surface area contributed by atoms with E-state index in [1.165, 1.54) is 7.11 Å². The molecule has 0 bridgehead atoms. The zero-order valence-corrected chi connectivity index (χ0v) is 7.08. The highest BCUT2D eigenvalue weighted by atomic mass is 16.5. The van der Waals surface area contributed by atoms with Gasteiger partial charge in [0, 0.05) is 0 Å². The lowest BCUT2D eigenvalue weighted by Gasteiger charge is -2.07. The van der Waals surface area contributed by atoms with Gasteiger partial charge in [0.15, 0.2) is 0 Å². The molecule has 12 heavy (non-hydrogen) atoms. The van der Waals surface area contributed by atoms with Crippen molar-refractivity contribution < 1.29 is 14.3 Å². The first-order valence-corrected chi connectivity index (χ1v) is 4.01. The molecule has 0 aromatic heterocycles. The highest BCUT2D eigenvalue weighted by Gasteiger charge is 2.24. The van der Waals surface area contributed by atoms with Crippen LogP contribution in [-0.4, -0.2) is 19.4 Å². The van der Waals surface area contributed by atoms with Crippen molar-refractivity contribution in [2.45, 2.75) is 19.3 Å². The maximum absolute atomic E-state index is 11.0. The summed E-state index contributed by atoms with van der Waals surface area (Å²) < 4.78 is 4.50. The lowest BCUT2D eigenvalue weighted by Crippen LogP contribution is -2.19. The van der Waals surface area contributed by atoms with E-state index in [4.69, 9.17) is 0 Å². The summed E-state index contributed by atoms with van der Waals surface area (Å²) in [5.74, 6) is -1.10. The van der Waals surface area contributed by atoms with Gasteiger partial charge in [0.05, 0.1) is 7.11 Å². The van der Waals surface area contributed by atoms with Crippen LogP contribution in [0.15, 0.2) is 11.6 Å². The van der Waals surface area contributed by atoms with Gasteiger partial charge >= 0.3 is 5.97 Å². The minimum Gasteiger partial charge on any atom is -0.468 e. The van der Waals surface area contributed by atoms with E-state index in [0.717, 1.165) is 24.8 Å². The summed E-state index contributed by atoms with van der Waals surface area (Å²) in [5.41, 5.74) is 0.914. The summed E-state index contributed by atoms with van der Waals surface area (Å²) in [6.07, 6.45) is 5.46. The monoisotopic (exact) mass is 168 g/mol. The molecule has 0 N–H and O–H groups in total. The highest BCUT2D eigenvalue weighted by Crippen LogP contribution is 2.24. The van der Waals surface area contributed by atoms with E-state index >= 15 is 0 Å². The van der Waals surface area contributed by atoms with Crippen molar-refractivity contribution >= 4 is 12.3 Å². The highest BCUT2D eigenvalue weighted by molar-refractivity contribution is 5.91. The fourth-order valence-corrected chi connectivity index (χ4v) is 1.40. The van der Waals surface area contributed by atoms with Gasteiger partial charge in [-0.25, -0.2) is 0 Å². The van der Waals surface area contributed by atoms with Crippen LogP contribution in [0.5, 0.6) is 0 Å². The van der Waals surface area contributed by atoms with Gasteiger partial charge in [0.2, 0.25) is 0 Å². The van der Waals surface area contributed by atoms with E-state index in [1.807, 2.05) is 6.08 Å². The third kappa shape index (κ3) is 1.72. The summed E-state index contributed by atoms with van der Waals surface area (Å²) in [6, 6.07) is 0. The van der Waals surface area contributed by atoms with Crippen molar-refractivity contribution in [2.75, 3.05) is 7.11 Å². The molecule has 3 heteroatoms. The van der Waals surface area contributed by atoms with Gasteiger partial charge in [-0.1, -0.05) is 11.6 Å². The molecular weight excluding hydrogens is 156 g/mol. The third-order valence-corrected chi connectivity index (χ3v) is 2.07. The number of ether oxygens (including phenoxy) is 1. The predicted molar refractivity (Wildman–Crippen MR) is 43.5 cm³/mol. The predicted octanol–water partition coefficient (Wildman–Crippen LogP) is 1.08. The van der Waals surface area contributed by atoms with E-state index < -0.39 is 11.9 Å². The topological polar surface area (TPSA) is 43.4 Å². The average Bonchev–Trinajstić information content (AvgIpc) is 2.58. The molecule has 1 aliphatic rings. The van der Waals surface area contributed by atoms with Gasteiger partial charge in [-0.15, -0.1) is 0 Å². The third-order valence-electron chi connectivity index (χ3n) is 2.07. The molecule has 0 aromatic rings. The molecule has 66 valence electrons. The first-order valence-electron chi connectivity index (χ1n) is 4.01. The molecule has 1 aliphatic carbocycles. The van der Waals surface area contributed by atoms with E-state index in [-0.39, 0.29) is 0 Å². The van der Waals surface area contributed by atoms with Crippen LogP contribution in [0.1, 0.15) is 19.3 Å². The first kappa shape index (κ1) is 8.97. The molecule has 0 heterocycles. The Morgan fingerprint density at radius 1 is 1.75 bits per heavy atom. The normalized spacial score (nSPS) is 18.2. The van der Waals surface area contributed by atoms with E-state index in [0.29, 0.717) is 6.29 Å². The van der Waals surface area contributed by atoms with E-state index in [9.17, 15) is 9.59 Å². The molecule has 0 saturated heterocycles. The summed E-state index contributed by atoms with van der Waals surface area (Å²) in [4.78, 5) is 21.6. The van der Waals surface area contributed by atoms with Crippen LogP contribution in [0.4, 0.5) is 0 Å². The number of allylic oxidation sites excluding steroid dienone is 1. The van der Waals surface area contributed by atoms with Crippen molar-refractivity contribution in [1.29, 1.82) is 0 Å². The summed E-state index contributed by atoms with van der Waals surface area (Å²) >= 11 is 0. The second kappa shape index (κ2) is 4.04. The number of methoxy groups -OCH3 is 1. The van der Waals surface area contributed by atoms with Gasteiger partial charge in [-0.3, -0.25) is 4.79 Å². The standard InChI is InChI=1S/C9H12O3/c1-12-9(11)8(6-10)7-4-2-3-5-7/h4,6,8H,2-3,5H2,1H3. The Bertz CT molecular complexity index is 218. The molecule has 1 atom stereocenters. The number of hydrogen-bond donors (Lipinski definition) is 0. The fraction of sp³-hybridized carbons (Fsp3) is 0.556. The second-order valence-electron chi connectivity index (χ2n) is 2.81. The van der Waals surface area contributed by atoms with Crippen LogP contribution in [0.25, 0.3) is 0 Å². The molecular formula is C9H12O3. The van der Waals surface area contributed by atoms with Crippen LogP contribution < -0.4 is 0 Å². The van der Waals surface area contributed by atoms with Crippen molar-refractivity contribution in [2.24, 2.45) is 5.92 Å². The van der Waals surface area contributed by atoms with Gasteiger partial charge in [0.1, 0.15) is 12.2 Å². The van der Waals surface area contributed by atoms with E-state index in [2.05, 4.69) is 4.74 Å². The molecule has 0 fully saturated rings. The minimum absolute atomic E-state index is 0.446. The molecule has 1 rings (SSSR count). The van der Waals surface area contributed by atoms with Gasteiger partial charge in [-0.2, -0.15) is 0 Å². The zero-order valence-electron chi connectivity index (χ0n) is 7.08. The van der Waals surface area contributed by atoms with Crippen LogP contribution in [-0.2, 0) is 14.3 Å². The molecule has 0 aromatic carbocycles. The smallest absolute Gasteiger partial charge is 0.320 e. The van der Waals surface area contributed by atoms with E-state index in [1.54, 1.807) is 0 Å². The maximum Gasteiger partial charge on any atom is 0.320 e. The SMILES string of the molecule is COC(=O)C(C=O)C1=CCCC1. The van der Waals surface area contributed by atoms with Crippen molar-refractivity contribution in [1.82, 2.24) is 0 Å². The molecule has 3 nitrogen and oxygen atoms in total. The minimum atomic E-state index is -0.655. The van der Waals surface area contributed by atoms with Gasteiger partial charge in [-0.05, 0) is 19.3 Å². The van der Waals surface area contributed by atoms with Crippen molar-refractivity contribution in [3.8, 4) is 0 Å². The Hall–Kier alpha value is -1.12. The first-order chi connectivity index (χ1) is 5.79. The van der Waals surface area contributed by atoms with Crippen LogP contribution in [0.3, 0.4) is 0 Å². The molecule has 0 amide bonds. The van der Waals surface area contributed by atoms with Crippen LogP contribution >= 0.6 is 0 Å². The Morgan fingerprint density at radius 2 is 2.50 bits per heavy atom. The second-order valence-corrected chi connectivity index (χ2v) is 2.81. The van der Waals surface area contributed by atoms with Crippen molar-refractivity contribution in [3.63, 3.8) is 0 Å². The largest absolute Gasteiger partial charge is 0.468 e. The van der Waals surface area contributed by atoms with Gasteiger partial charge < -0.3 is 9.53 Å². The summed E-state index contributed by atoms with van der Waals surface area (Å²) in [6.45, 7) is 0. The molecule has 0 spiro atoms. The number of carbonyl (C=O) groups excluding carboxylic acids is 2. The van der Waals surface area contributed by atoms with Crippen LogP contribution in [0.2, 0.25) is 0 Å². The maximum atomic E-state index is 11.0. The molecule has 0 saturated carbocycles. The number of esters is 1. The summed E-state index contributed by atoms with van der Waals surface area (Å²) in [7, 11) is 1.30. The number of hydrogen-bond acceptors (Lipinski definition) is 3. The Kier molecular flexibility index (Phi) is 3.02. The fourth-order valence-electron chi connectivity index (χ4n) is 1.40. The lowest BCUT2D eigenvalue weighted by atomic mass is 10.0. The van der Waals surface area contributed by atoms with Crippen LogP contribution in [0, 0.1) is 5.92 Å². The average molecular weight is 168 g/mol. The number of carbonyl (C=O) groups is 2. The lowest BCUT2D eigenvalue weighted by molar-refractivity contribution is -0.145. The summed E-state index contributed by atoms with van der Waals surface area (Å²) in [5, 5.41) is 0. The Labute approximate surface area is 71.4 Å². The zero-order chi connectivity index (χ0) is 8.97. The number of rotatable bonds is 3.